The lowest BCUT2D eigenvalue weighted by Crippen LogP contribution is -2.07. The van der Waals surface area contributed by atoms with Gasteiger partial charge in [-0.15, -0.1) is 0 Å². The van der Waals surface area contributed by atoms with Gasteiger partial charge in [0.1, 0.15) is 0 Å². The quantitative estimate of drug-likeness (QED) is 0.594. The molecule has 0 bridgehead atoms. The minimum atomic E-state index is -3.36. The Morgan fingerprint density at radius 3 is 2.50 bits per heavy atom. The van der Waals surface area contributed by atoms with Crippen LogP contribution in [0.1, 0.15) is 10.4 Å². The van der Waals surface area contributed by atoms with Crippen molar-refractivity contribution in [2.24, 2.45) is 7.05 Å². The molecule has 0 aliphatic heterocycles. The Labute approximate surface area is 69.9 Å². The van der Waals surface area contributed by atoms with Gasteiger partial charge < -0.3 is 0 Å². The van der Waals surface area contributed by atoms with E-state index in [1.165, 1.54) is 17.9 Å². The summed E-state index contributed by atoms with van der Waals surface area (Å²) < 4.78 is 23.3. The van der Waals surface area contributed by atoms with Crippen molar-refractivity contribution < 1.29 is 13.2 Å². The molecule has 0 aliphatic carbocycles. The van der Waals surface area contributed by atoms with Gasteiger partial charge in [-0.05, 0) is 0 Å². The molecule has 0 saturated heterocycles. The first-order valence-electron chi connectivity index (χ1n) is 3.14. The van der Waals surface area contributed by atoms with Crippen LogP contribution in [0.25, 0.3) is 0 Å². The molecule has 0 fully saturated rings. The third-order valence-electron chi connectivity index (χ3n) is 1.39. The summed E-state index contributed by atoms with van der Waals surface area (Å²) in [4.78, 5) is 10.4. The zero-order valence-electron chi connectivity index (χ0n) is 6.68. The van der Waals surface area contributed by atoms with E-state index in [1.54, 1.807) is 0 Å². The van der Waals surface area contributed by atoms with Gasteiger partial charge in [0.25, 0.3) is 0 Å². The molecule has 6 heteroatoms. The number of carbonyl (C=O) groups excluding carboxylic acids is 1. The van der Waals surface area contributed by atoms with Gasteiger partial charge in [0.2, 0.25) is 0 Å². The fourth-order valence-corrected chi connectivity index (χ4v) is 2.03. The third kappa shape index (κ3) is 1.38. The van der Waals surface area contributed by atoms with Gasteiger partial charge in [-0.3, -0.25) is 9.48 Å². The average molecular weight is 188 g/mol. The first-order valence-corrected chi connectivity index (χ1v) is 5.03. The maximum Gasteiger partial charge on any atom is 0.193 e. The summed E-state index contributed by atoms with van der Waals surface area (Å²) in [7, 11) is -1.89. The zero-order chi connectivity index (χ0) is 9.35. The van der Waals surface area contributed by atoms with E-state index in [9.17, 15) is 13.2 Å². The highest BCUT2D eigenvalue weighted by atomic mass is 32.2. The van der Waals surface area contributed by atoms with Gasteiger partial charge in [0, 0.05) is 13.3 Å². The van der Waals surface area contributed by atoms with Crippen molar-refractivity contribution in [1.29, 1.82) is 0 Å². The Morgan fingerprint density at radius 1 is 1.58 bits per heavy atom. The highest BCUT2D eigenvalue weighted by Gasteiger charge is 2.17. The molecule has 1 heterocycles. The van der Waals surface area contributed by atoms with Crippen LogP contribution >= 0.6 is 0 Å². The number of aromatic nitrogens is 2. The minimum Gasteiger partial charge on any atom is -0.298 e. The average Bonchev–Trinajstić information content (AvgIpc) is 2.29. The summed E-state index contributed by atoms with van der Waals surface area (Å²) in [5, 5.41) is 3.62. The Morgan fingerprint density at radius 2 is 2.17 bits per heavy atom. The minimum absolute atomic E-state index is 0.0440. The molecule has 5 nitrogen and oxygen atoms in total. The molecule has 0 saturated carbocycles. The van der Waals surface area contributed by atoms with E-state index in [0.717, 1.165) is 6.26 Å². The van der Waals surface area contributed by atoms with E-state index in [1.807, 2.05) is 0 Å². The second-order valence-electron chi connectivity index (χ2n) is 2.42. The summed E-state index contributed by atoms with van der Waals surface area (Å²) in [6.45, 7) is 0. The highest BCUT2D eigenvalue weighted by Crippen LogP contribution is 2.11. The van der Waals surface area contributed by atoms with Crippen LogP contribution in [0.3, 0.4) is 0 Å². The Hall–Kier alpha value is -1.17. The van der Waals surface area contributed by atoms with Crippen LogP contribution in [0.5, 0.6) is 0 Å². The lowest BCUT2D eigenvalue weighted by atomic mass is 10.4. The van der Waals surface area contributed by atoms with Crippen LogP contribution in [0, 0.1) is 0 Å². The standard InChI is InChI=1S/C6H8N2O3S/c1-8-6(12(2,10)11)5(4-9)3-7-8/h3-4H,1-2H3. The van der Waals surface area contributed by atoms with E-state index in [-0.39, 0.29) is 10.6 Å². The van der Waals surface area contributed by atoms with Crippen molar-refractivity contribution >= 4 is 16.1 Å². The Kier molecular flexibility index (Phi) is 2.01. The van der Waals surface area contributed by atoms with Gasteiger partial charge in [-0.1, -0.05) is 0 Å². The summed E-state index contributed by atoms with van der Waals surface area (Å²) in [5.74, 6) is 0. The predicted octanol–water partition coefficient (Wildman–Crippen LogP) is -0.364. The van der Waals surface area contributed by atoms with Crippen molar-refractivity contribution in [3.63, 3.8) is 0 Å². The van der Waals surface area contributed by atoms with Gasteiger partial charge >= 0.3 is 0 Å². The molecule has 0 aromatic carbocycles. The maximum absolute atomic E-state index is 11.1. The molecule has 0 N–H and O–H groups in total. The van der Waals surface area contributed by atoms with Crippen LogP contribution in [0.2, 0.25) is 0 Å². The first-order chi connectivity index (χ1) is 5.46. The van der Waals surface area contributed by atoms with Crippen molar-refractivity contribution in [1.82, 2.24) is 9.78 Å². The van der Waals surface area contributed by atoms with E-state index < -0.39 is 9.84 Å². The van der Waals surface area contributed by atoms with E-state index in [2.05, 4.69) is 5.10 Å². The predicted molar refractivity (Wildman–Crippen MR) is 41.7 cm³/mol. The topological polar surface area (TPSA) is 69.0 Å². The van der Waals surface area contributed by atoms with Crippen LogP contribution in [0.4, 0.5) is 0 Å². The van der Waals surface area contributed by atoms with E-state index in [0.29, 0.717) is 6.29 Å². The van der Waals surface area contributed by atoms with E-state index >= 15 is 0 Å². The number of hydrogen-bond acceptors (Lipinski definition) is 4. The highest BCUT2D eigenvalue weighted by molar-refractivity contribution is 7.90. The molecule has 0 atom stereocenters. The number of rotatable bonds is 2. The smallest absolute Gasteiger partial charge is 0.193 e. The Bertz CT molecular complexity index is 404. The van der Waals surface area contributed by atoms with Crippen LogP contribution in [-0.2, 0) is 16.9 Å². The monoisotopic (exact) mass is 188 g/mol. The molecule has 66 valence electrons. The largest absolute Gasteiger partial charge is 0.298 e. The van der Waals surface area contributed by atoms with Gasteiger partial charge in [-0.2, -0.15) is 5.10 Å². The van der Waals surface area contributed by atoms with Gasteiger partial charge in [-0.25, -0.2) is 8.42 Å². The first kappa shape index (κ1) is 8.92. The number of carbonyl (C=O) groups is 1. The lowest BCUT2D eigenvalue weighted by molar-refractivity contribution is 0.112. The molecule has 1 rings (SSSR count). The Balaban J connectivity index is 3.49. The van der Waals surface area contributed by atoms with Gasteiger partial charge in [0.05, 0.1) is 11.8 Å². The molecule has 0 unspecified atom stereocenters. The summed E-state index contributed by atoms with van der Waals surface area (Å²) in [6, 6.07) is 0. The van der Waals surface area contributed by atoms with Crippen molar-refractivity contribution in [2.45, 2.75) is 5.03 Å². The molecule has 0 amide bonds. The summed E-state index contributed by atoms with van der Waals surface area (Å²) >= 11 is 0. The van der Waals surface area contributed by atoms with Crippen molar-refractivity contribution in [3.8, 4) is 0 Å². The fraction of sp³-hybridized carbons (Fsp3) is 0.333. The molecular formula is C6H8N2O3S. The molecule has 0 aliphatic rings. The SMILES string of the molecule is Cn1ncc(C=O)c1S(C)(=O)=O. The molecule has 0 spiro atoms. The van der Waals surface area contributed by atoms with Crippen molar-refractivity contribution in [3.05, 3.63) is 11.8 Å². The number of sulfone groups is 1. The zero-order valence-corrected chi connectivity index (χ0v) is 7.50. The number of hydrogen-bond donors (Lipinski definition) is 0. The van der Waals surface area contributed by atoms with Gasteiger partial charge in [0.15, 0.2) is 21.1 Å². The van der Waals surface area contributed by atoms with Crippen LogP contribution in [0.15, 0.2) is 11.2 Å². The second kappa shape index (κ2) is 2.71. The molecule has 12 heavy (non-hydrogen) atoms. The lowest BCUT2D eigenvalue weighted by Gasteiger charge is -1.98. The van der Waals surface area contributed by atoms with Crippen LogP contribution < -0.4 is 0 Å². The van der Waals surface area contributed by atoms with Crippen molar-refractivity contribution in [2.75, 3.05) is 6.26 Å². The summed E-state index contributed by atoms with van der Waals surface area (Å²) in [5.41, 5.74) is 0.0972. The maximum atomic E-state index is 11.1. The number of aldehydes is 1. The van der Waals surface area contributed by atoms with Crippen LogP contribution in [-0.4, -0.2) is 30.7 Å². The number of nitrogens with zero attached hydrogens (tertiary/aromatic N) is 2. The fourth-order valence-electron chi connectivity index (χ4n) is 0.978. The molecular weight excluding hydrogens is 180 g/mol. The molecule has 1 aromatic heterocycles. The second-order valence-corrected chi connectivity index (χ2v) is 4.35. The third-order valence-corrected chi connectivity index (χ3v) is 2.59. The normalized spacial score (nSPS) is 11.5. The number of aryl methyl sites for hydroxylation is 1. The molecule has 1 aromatic rings. The summed E-state index contributed by atoms with van der Waals surface area (Å²) in [6.07, 6.45) is 2.74. The van der Waals surface area contributed by atoms with E-state index in [4.69, 9.17) is 0 Å². The molecule has 0 radical (unpaired) electrons.